The molecule has 0 aromatic heterocycles. The molecule has 1 heterocycles. The maximum absolute atomic E-state index is 12.4. The highest BCUT2D eigenvalue weighted by atomic mass is 16.2. The zero-order valence-electron chi connectivity index (χ0n) is 11.9. The highest BCUT2D eigenvalue weighted by Crippen LogP contribution is 2.20. The van der Waals surface area contributed by atoms with Gasteiger partial charge in [0.15, 0.2) is 0 Å². The lowest BCUT2D eigenvalue weighted by Gasteiger charge is -2.29. The van der Waals surface area contributed by atoms with E-state index in [0.717, 1.165) is 32.6 Å². The van der Waals surface area contributed by atoms with Gasteiger partial charge >= 0.3 is 0 Å². The second kappa shape index (κ2) is 5.83. The molecule has 1 aliphatic rings. The molecule has 100 valence electrons. The van der Waals surface area contributed by atoms with Crippen LogP contribution in [0.15, 0.2) is 0 Å². The number of carbonyl (C=O) groups is 1. The molecule has 1 N–H and O–H groups in total. The molecule has 0 aromatic carbocycles. The first-order valence-corrected chi connectivity index (χ1v) is 6.52. The number of likely N-dealkylation sites (N-methyl/N-ethyl adjacent to an activating group) is 1. The first-order valence-electron chi connectivity index (χ1n) is 6.52. The number of carbonyl (C=O) groups excluding carboxylic acids is 1. The summed E-state index contributed by atoms with van der Waals surface area (Å²) in [5.41, 5.74) is 0.159. The third kappa shape index (κ3) is 4.28. The van der Waals surface area contributed by atoms with E-state index in [9.17, 15) is 4.79 Å². The van der Waals surface area contributed by atoms with Gasteiger partial charge in [-0.15, -0.1) is 0 Å². The van der Waals surface area contributed by atoms with Crippen molar-refractivity contribution in [3.8, 4) is 0 Å². The number of hydrogen-bond acceptors (Lipinski definition) is 3. The Hall–Kier alpha value is -0.610. The SMILES string of the molecule is CCCN1CC(C)(C)CNC(CN(C)C)C1=O. The molecule has 0 spiro atoms. The molecule has 0 radical (unpaired) electrons. The summed E-state index contributed by atoms with van der Waals surface area (Å²) in [5.74, 6) is 0.256. The van der Waals surface area contributed by atoms with Gasteiger partial charge < -0.3 is 15.1 Å². The Morgan fingerprint density at radius 1 is 1.47 bits per heavy atom. The topological polar surface area (TPSA) is 35.6 Å². The van der Waals surface area contributed by atoms with Gasteiger partial charge in [0.1, 0.15) is 0 Å². The summed E-state index contributed by atoms with van der Waals surface area (Å²) in [7, 11) is 4.02. The first kappa shape index (κ1) is 14.5. The van der Waals surface area contributed by atoms with Crippen molar-refractivity contribution in [1.82, 2.24) is 15.1 Å². The minimum atomic E-state index is -0.0571. The Morgan fingerprint density at radius 3 is 2.65 bits per heavy atom. The van der Waals surface area contributed by atoms with E-state index in [4.69, 9.17) is 0 Å². The number of hydrogen-bond donors (Lipinski definition) is 1. The molecule has 4 heteroatoms. The van der Waals surface area contributed by atoms with Gasteiger partial charge in [-0.25, -0.2) is 0 Å². The Morgan fingerprint density at radius 2 is 2.12 bits per heavy atom. The quantitative estimate of drug-likeness (QED) is 0.790. The van der Waals surface area contributed by atoms with Crippen LogP contribution in [0.25, 0.3) is 0 Å². The van der Waals surface area contributed by atoms with Crippen LogP contribution in [0, 0.1) is 5.41 Å². The molecule has 0 aliphatic carbocycles. The number of rotatable bonds is 4. The number of nitrogens with zero attached hydrogens (tertiary/aromatic N) is 2. The van der Waals surface area contributed by atoms with Crippen LogP contribution in [0.2, 0.25) is 0 Å². The fourth-order valence-corrected chi connectivity index (χ4v) is 2.32. The molecule has 1 fully saturated rings. The summed E-state index contributed by atoms with van der Waals surface area (Å²) < 4.78 is 0. The molecule has 1 aliphatic heterocycles. The zero-order chi connectivity index (χ0) is 13.1. The minimum absolute atomic E-state index is 0.0571. The highest BCUT2D eigenvalue weighted by molar-refractivity contribution is 5.82. The number of nitrogens with one attached hydrogen (secondary N) is 1. The van der Waals surface area contributed by atoms with E-state index in [1.54, 1.807) is 0 Å². The van der Waals surface area contributed by atoms with Crippen LogP contribution in [-0.4, -0.2) is 62.0 Å². The van der Waals surface area contributed by atoms with Crippen LogP contribution >= 0.6 is 0 Å². The smallest absolute Gasteiger partial charge is 0.241 e. The van der Waals surface area contributed by atoms with Crippen molar-refractivity contribution in [2.75, 3.05) is 40.3 Å². The van der Waals surface area contributed by atoms with Gasteiger partial charge in [-0.1, -0.05) is 20.8 Å². The first-order chi connectivity index (χ1) is 7.85. The molecule has 1 rings (SSSR count). The van der Waals surface area contributed by atoms with Crippen LogP contribution < -0.4 is 5.32 Å². The molecule has 1 saturated heterocycles. The van der Waals surface area contributed by atoms with Gasteiger partial charge in [0.2, 0.25) is 5.91 Å². The summed E-state index contributed by atoms with van der Waals surface area (Å²) >= 11 is 0. The van der Waals surface area contributed by atoms with E-state index in [2.05, 4.69) is 31.0 Å². The Kier molecular flexibility index (Phi) is 4.95. The Labute approximate surface area is 105 Å². The maximum Gasteiger partial charge on any atom is 0.241 e. The standard InChI is InChI=1S/C13H27N3O/c1-6-7-16-10-13(2,3)9-14-11(12(16)17)8-15(4)5/h11,14H,6-10H2,1-5H3. The summed E-state index contributed by atoms with van der Waals surface area (Å²) in [6, 6.07) is -0.0571. The normalized spacial score (nSPS) is 25.2. The van der Waals surface area contributed by atoms with Gasteiger partial charge in [0.25, 0.3) is 0 Å². The van der Waals surface area contributed by atoms with E-state index in [1.165, 1.54) is 0 Å². The average molecular weight is 241 g/mol. The Bertz CT molecular complexity index is 263. The highest BCUT2D eigenvalue weighted by Gasteiger charge is 2.33. The van der Waals surface area contributed by atoms with Crippen molar-refractivity contribution in [3.63, 3.8) is 0 Å². The molecule has 4 nitrogen and oxygen atoms in total. The van der Waals surface area contributed by atoms with E-state index in [-0.39, 0.29) is 17.4 Å². The summed E-state index contributed by atoms with van der Waals surface area (Å²) in [6.07, 6.45) is 1.02. The van der Waals surface area contributed by atoms with Gasteiger partial charge in [-0.05, 0) is 25.9 Å². The molecule has 17 heavy (non-hydrogen) atoms. The van der Waals surface area contributed by atoms with Gasteiger partial charge in [-0.3, -0.25) is 4.79 Å². The van der Waals surface area contributed by atoms with Crippen molar-refractivity contribution in [3.05, 3.63) is 0 Å². The lowest BCUT2D eigenvalue weighted by Crippen LogP contribution is -2.48. The van der Waals surface area contributed by atoms with Crippen LogP contribution in [0.5, 0.6) is 0 Å². The molecule has 1 atom stereocenters. The zero-order valence-corrected chi connectivity index (χ0v) is 11.9. The predicted octanol–water partition coefficient (Wildman–Crippen LogP) is 0.785. The molecular formula is C13H27N3O. The lowest BCUT2D eigenvalue weighted by molar-refractivity contribution is -0.133. The lowest BCUT2D eigenvalue weighted by atomic mass is 9.93. The predicted molar refractivity (Wildman–Crippen MR) is 71.0 cm³/mol. The molecule has 1 unspecified atom stereocenters. The fourth-order valence-electron chi connectivity index (χ4n) is 2.32. The van der Waals surface area contributed by atoms with Crippen LogP contribution in [0.4, 0.5) is 0 Å². The van der Waals surface area contributed by atoms with Crippen LogP contribution in [-0.2, 0) is 4.79 Å². The van der Waals surface area contributed by atoms with Gasteiger partial charge in [-0.2, -0.15) is 0 Å². The number of amides is 1. The molecule has 0 saturated carbocycles. The van der Waals surface area contributed by atoms with Crippen molar-refractivity contribution in [2.45, 2.75) is 33.2 Å². The van der Waals surface area contributed by atoms with Gasteiger partial charge in [0.05, 0.1) is 6.04 Å². The fraction of sp³-hybridized carbons (Fsp3) is 0.923. The maximum atomic E-state index is 12.4. The van der Waals surface area contributed by atoms with Crippen molar-refractivity contribution in [1.29, 1.82) is 0 Å². The van der Waals surface area contributed by atoms with Gasteiger partial charge in [0, 0.05) is 26.2 Å². The molecule has 0 bridgehead atoms. The Balaban J connectivity index is 2.77. The van der Waals surface area contributed by atoms with E-state index >= 15 is 0 Å². The van der Waals surface area contributed by atoms with Crippen LogP contribution in [0.1, 0.15) is 27.2 Å². The monoisotopic (exact) mass is 241 g/mol. The third-order valence-corrected chi connectivity index (χ3v) is 3.10. The van der Waals surface area contributed by atoms with E-state index in [1.807, 2.05) is 19.0 Å². The molecule has 1 amide bonds. The van der Waals surface area contributed by atoms with E-state index in [0.29, 0.717) is 0 Å². The second-order valence-corrected chi connectivity index (χ2v) is 6.12. The van der Waals surface area contributed by atoms with Crippen molar-refractivity contribution in [2.24, 2.45) is 5.41 Å². The largest absolute Gasteiger partial charge is 0.341 e. The second-order valence-electron chi connectivity index (χ2n) is 6.12. The minimum Gasteiger partial charge on any atom is -0.341 e. The summed E-state index contributed by atoms with van der Waals surface area (Å²) in [6.45, 7) is 9.96. The van der Waals surface area contributed by atoms with Crippen LogP contribution in [0.3, 0.4) is 0 Å². The van der Waals surface area contributed by atoms with Crippen molar-refractivity contribution < 1.29 is 4.79 Å². The molecular weight excluding hydrogens is 214 g/mol. The third-order valence-electron chi connectivity index (χ3n) is 3.10. The summed E-state index contributed by atoms with van der Waals surface area (Å²) in [4.78, 5) is 16.5. The summed E-state index contributed by atoms with van der Waals surface area (Å²) in [5, 5.41) is 3.41. The molecule has 0 aromatic rings. The van der Waals surface area contributed by atoms with E-state index < -0.39 is 0 Å². The van der Waals surface area contributed by atoms with Crippen molar-refractivity contribution >= 4 is 5.91 Å². The average Bonchev–Trinajstić information content (AvgIpc) is 2.30.